The van der Waals surface area contributed by atoms with E-state index in [1.807, 2.05) is 0 Å². The number of piperidine rings is 1. The largest absolute Gasteiger partial charge is 0.342 e. The van der Waals surface area contributed by atoms with Crippen molar-refractivity contribution >= 4 is 15.9 Å². The molecule has 0 atom stereocenters. The van der Waals surface area contributed by atoms with Crippen molar-refractivity contribution in [3.05, 3.63) is 0 Å². The third-order valence-corrected chi connectivity index (χ3v) is 3.80. The first kappa shape index (κ1) is 13.0. The summed E-state index contributed by atoms with van der Waals surface area (Å²) in [4.78, 5) is 11.2. The topological polar surface area (TPSA) is 66.5 Å². The Kier molecular flexibility index (Phi) is 4.33. The van der Waals surface area contributed by atoms with E-state index in [2.05, 4.69) is 17.2 Å². The first-order valence-electron chi connectivity index (χ1n) is 5.12. The van der Waals surface area contributed by atoms with Crippen LogP contribution in [0, 0.1) is 11.8 Å². The highest BCUT2D eigenvalue weighted by atomic mass is 32.2. The van der Waals surface area contributed by atoms with Crippen LogP contribution in [0.25, 0.3) is 0 Å². The highest BCUT2D eigenvalue weighted by Crippen LogP contribution is 2.12. The maximum atomic E-state index is 11.2. The van der Waals surface area contributed by atoms with E-state index in [-0.39, 0.29) is 11.9 Å². The average molecular weight is 244 g/mol. The number of amides is 1. The maximum absolute atomic E-state index is 11.2. The predicted molar refractivity (Wildman–Crippen MR) is 61.0 cm³/mol. The third kappa shape index (κ3) is 3.83. The molecule has 1 aliphatic heterocycles. The van der Waals surface area contributed by atoms with Gasteiger partial charge in [0.1, 0.15) is 0 Å². The minimum atomic E-state index is -3.10. The van der Waals surface area contributed by atoms with Gasteiger partial charge in [0.25, 0.3) is 5.91 Å². The standard InChI is InChI=1S/C10H16N2O3S/c1-3-4-10(13)11-9-5-7-12(8-6-9)16(2,14)15/h9H,5-8H2,1-2H3,(H,11,13). The fraction of sp³-hybridized carbons (Fsp3) is 0.700. The van der Waals surface area contributed by atoms with Crippen LogP contribution in [0.2, 0.25) is 0 Å². The van der Waals surface area contributed by atoms with Gasteiger partial charge < -0.3 is 5.32 Å². The zero-order chi connectivity index (χ0) is 12.2. The Labute approximate surface area is 96.2 Å². The molecular formula is C10H16N2O3S. The first-order valence-corrected chi connectivity index (χ1v) is 6.96. The van der Waals surface area contributed by atoms with E-state index in [0.717, 1.165) is 0 Å². The Balaban J connectivity index is 2.43. The van der Waals surface area contributed by atoms with Crippen molar-refractivity contribution in [2.24, 2.45) is 0 Å². The van der Waals surface area contributed by atoms with Crippen molar-refractivity contribution in [1.82, 2.24) is 9.62 Å². The van der Waals surface area contributed by atoms with Gasteiger partial charge in [-0.15, -0.1) is 0 Å². The molecule has 1 heterocycles. The quantitative estimate of drug-likeness (QED) is 0.669. The summed E-state index contributed by atoms with van der Waals surface area (Å²) in [5.74, 6) is 4.63. The minimum Gasteiger partial charge on any atom is -0.342 e. The van der Waals surface area contributed by atoms with Gasteiger partial charge in [0.15, 0.2) is 0 Å². The lowest BCUT2D eigenvalue weighted by atomic mass is 10.1. The summed E-state index contributed by atoms with van der Waals surface area (Å²) < 4.78 is 23.9. The molecule has 0 bridgehead atoms. The van der Waals surface area contributed by atoms with Crippen molar-refractivity contribution in [2.45, 2.75) is 25.8 Å². The second-order valence-electron chi connectivity index (χ2n) is 3.78. The van der Waals surface area contributed by atoms with Gasteiger partial charge in [-0.25, -0.2) is 12.7 Å². The van der Waals surface area contributed by atoms with E-state index in [4.69, 9.17) is 0 Å². The zero-order valence-electron chi connectivity index (χ0n) is 9.49. The molecule has 90 valence electrons. The molecule has 0 aromatic heterocycles. The monoisotopic (exact) mass is 244 g/mol. The Bertz CT molecular complexity index is 411. The first-order chi connectivity index (χ1) is 7.43. The van der Waals surface area contributed by atoms with Gasteiger partial charge >= 0.3 is 0 Å². The van der Waals surface area contributed by atoms with Gasteiger partial charge in [0, 0.05) is 19.1 Å². The van der Waals surface area contributed by atoms with Crippen LogP contribution < -0.4 is 5.32 Å². The highest BCUT2D eigenvalue weighted by molar-refractivity contribution is 7.88. The fourth-order valence-corrected chi connectivity index (χ4v) is 2.54. The predicted octanol–water partition coefficient (Wildman–Crippen LogP) is -0.450. The molecule has 5 nitrogen and oxygen atoms in total. The van der Waals surface area contributed by atoms with Gasteiger partial charge in [-0.1, -0.05) is 5.92 Å². The van der Waals surface area contributed by atoms with Crippen molar-refractivity contribution in [1.29, 1.82) is 0 Å². The van der Waals surface area contributed by atoms with Gasteiger partial charge in [-0.05, 0) is 25.7 Å². The molecule has 0 saturated carbocycles. The molecule has 1 aliphatic rings. The molecule has 0 aromatic carbocycles. The molecule has 0 spiro atoms. The van der Waals surface area contributed by atoms with Crippen LogP contribution in [-0.2, 0) is 14.8 Å². The van der Waals surface area contributed by atoms with E-state index in [9.17, 15) is 13.2 Å². The minimum absolute atomic E-state index is 0.0337. The summed E-state index contributed by atoms with van der Waals surface area (Å²) >= 11 is 0. The Hall–Kier alpha value is -1.06. The van der Waals surface area contributed by atoms with Crippen LogP contribution in [0.5, 0.6) is 0 Å². The molecule has 1 N–H and O–H groups in total. The summed E-state index contributed by atoms with van der Waals surface area (Å²) in [6.07, 6.45) is 2.49. The van der Waals surface area contributed by atoms with Gasteiger partial charge in [-0.3, -0.25) is 4.79 Å². The number of nitrogens with one attached hydrogen (secondary N) is 1. The van der Waals surface area contributed by atoms with Crippen LogP contribution in [0.15, 0.2) is 0 Å². The van der Waals surface area contributed by atoms with Crippen LogP contribution in [0.3, 0.4) is 0 Å². The molecule has 0 radical (unpaired) electrons. The van der Waals surface area contributed by atoms with Crippen molar-refractivity contribution in [3.8, 4) is 11.8 Å². The molecular weight excluding hydrogens is 228 g/mol. The number of hydrogen-bond acceptors (Lipinski definition) is 3. The smallest absolute Gasteiger partial charge is 0.296 e. The summed E-state index contributed by atoms with van der Waals surface area (Å²) in [7, 11) is -3.10. The number of nitrogens with zero attached hydrogens (tertiary/aromatic N) is 1. The summed E-state index contributed by atoms with van der Waals surface area (Å²) in [5.41, 5.74) is 0. The molecule has 0 aromatic rings. The Morgan fingerprint density at radius 2 is 1.94 bits per heavy atom. The molecule has 0 aliphatic carbocycles. The summed E-state index contributed by atoms with van der Waals surface area (Å²) in [5, 5.41) is 2.76. The van der Waals surface area contributed by atoms with E-state index in [1.54, 1.807) is 6.92 Å². The lowest BCUT2D eigenvalue weighted by Crippen LogP contribution is -2.45. The highest BCUT2D eigenvalue weighted by Gasteiger charge is 2.25. The number of carbonyl (C=O) groups excluding carboxylic acids is 1. The second-order valence-corrected chi connectivity index (χ2v) is 5.77. The number of hydrogen-bond donors (Lipinski definition) is 1. The molecule has 0 unspecified atom stereocenters. The third-order valence-electron chi connectivity index (χ3n) is 2.50. The number of carbonyl (C=O) groups is 1. The molecule has 1 fully saturated rings. The van der Waals surface area contributed by atoms with E-state index in [0.29, 0.717) is 25.9 Å². The van der Waals surface area contributed by atoms with Gasteiger partial charge in [-0.2, -0.15) is 0 Å². The van der Waals surface area contributed by atoms with Gasteiger partial charge in [0.05, 0.1) is 6.26 Å². The average Bonchev–Trinajstić information content (AvgIpc) is 2.17. The van der Waals surface area contributed by atoms with E-state index >= 15 is 0 Å². The molecule has 1 saturated heterocycles. The molecule has 1 rings (SSSR count). The van der Waals surface area contributed by atoms with E-state index in [1.165, 1.54) is 10.6 Å². The van der Waals surface area contributed by atoms with E-state index < -0.39 is 10.0 Å². The zero-order valence-corrected chi connectivity index (χ0v) is 10.3. The van der Waals surface area contributed by atoms with Crippen LogP contribution in [0.1, 0.15) is 19.8 Å². The van der Waals surface area contributed by atoms with Crippen LogP contribution in [0.4, 0.5) is 0 Å². The van der Waals surface area contributed by atoms with Crippen LogP contribution >= 0.6 is 0 Å². The Morgan fingerprint density at radius 3 is 2.38 bits per heavy atom. The van der Waals surface area contributed by atoms with Crippen LogP contribution in [-0.4, -0.2) is 44.0 Å². The Morgan fingerprint density at radius 1 is 1.38 bits per heavy atom. The lowest BCUT2D eigenvalue weighted by Gasteiger charge is -2.30. The van der Waals surface area contributed by atoms with Crippen molar-refractivity contribution < 1.29 is 13.2 Å². The van der Waals surface area contributed by atoms with Gasteiger partial charge in [0.2, 0.25) is 10.0 Å². The fourth-order valence-electron chi connectivity index (χ4n) is 1.67. The normalized spacial score (nSPS) is 18.6. The molecule has 16 heavy (non-hydrogen) atoms. The van der Waals surface area contributed by atoms with Crippen molar-refractivity contribution in [2.75, 3.05) is 19.3 Å². The second kappa shape index (κ2) is 5.32. The summed E-state index contributed by atoms with van der Waals surface area (Å²) in [6, 6.07) is 0.0337. The summed E-state index contributed by atoms with van der Waals surface area (Å²) in [6.45, 7) is 2.53. The molecule has 6 heteroatoms. The number of rotatable bonds is 2. The SMILES string of the molecule is CC#CC(=O)NC1CCN(S(C)(=O)=O)CC1. The van der Waals surface area contributed by atoms with Crippen molar-refractivity contribution in [3.63, 3.8) is 0 Å². The lowest BCUT2D eigenvalue weighted by molar-refractivity contribution is -0.116. The maximum Gasteiger partial charge on any atom is 0.296 e. The molecule has 1 amide bonds. The number of sulfonamides is 1.